The summed E-state index contributed by atoms with van der Waals surface area (Å²) in [4.78, 5) is 23.6. The third kappa shape index (κ3) is 5.63. The second-order valence-electron chi connectivity index (χ2n) is 6.48. The molecule has 8 heteroatoms. The summed E-state index contributed by atoms with van der Waals surface area (Å²) in [5.74, 6) is 0.894. The minimum atomic E-state index is -0.290. The molecular weight excluding hydrogens is 366 g/mol. The Bertz CT molecular complexity index is 809. The number of halogens is 1. The number of carbonyl (C=O) groups is 1. The molecular formula is C19H24ClN5O2. The fourth-order valence-electron chi connectivity index (χ4n) is 2.86. The monoisotopic (exact) mass is 389 g/mol. The first-order chi connectivity index (χ1) is 13.0. The lowest BCUT2D eigenvalue weighted by molar-refractivity contribution is 0.0398. The lowest BCUT2D eigenvalue weighted by atomic mass is 10.2. The Morgan fingerprint density at radius 1 is 1.22 bits per heavy atom. The van der Waals surface area contributed by atoms with Gasteiger partial charge in [-0.15, -0.1) is 0 Å². The van der Waals surface area contributed by atoms with E-state index in [2.05, 4.69) is 25.5 Å². The van der Waals surface area contributed by atoms with E-state index in [-0.39, 0.29) is 5.91 Å². The number of hydrogen-bond acceptors (Lipinski definition) is 6. The van der Waals surface area contributed by atoms with Crippen LogP contribution in [-0.4, -0.2) is 60.2 Å². The average molecular weight is 390 g/mol. The Labute approximate surface area is 164 Å². The van der Waals surface area contributed by atoms with Gasteiger partial charge in [0.15, 0.2) is 0 Å². The van der Waals surface area contributed by atoms with Crippen molar-refractivity contribution in [2.75, 3.05) is 50.0 Å². The van der Waals surface area contributed by atoms with Crippen LogP contribution in [0.2, 0.25) is 5.02 Å². The number of nitrogens with zero attached hydrogens (tertiary/aromatic N) is 3. The second-order valence-corrected chi connectivity index (χ2v) is 6.92. The van der Waals surface area contributed by atoms with E-state index in [1.807, 2.05) is 13.0 Å². The largest absolute Gasteiger partial charge is 0.379 e. The van der Waals surface area contributed by atoms with Crippen LogP contribution in [0.15, 0.2) is 24.3 Å². The van der Waals surface area contributed by atoms with Crippen molar-refractivity contribution in [2.45, 2.75) is 13.8 Å². The molecule has 0 aliphatic carbocycles. The van der Waals surface area contributed by atoms with Crippen molar-refractivity contribution >= 4 is 29.0 Å². The van der Waals surface area contributed by atoms with E-state index in [1.165, 1.54) is 0 Å². The molecule has 0 spiro atoms. The van der Waals surface area contributed by atoms with Gasteiger partial charge in [-0.2, -0.15) is 0 Å². The summed E-state index contributed by atoms with van der Waals surface area (Å²) in [6, 6.07) is 7.05. The zero-order valence-electron chi connectivity index (χ0n) is 15.6. The first-order valence-electron chi connectivity index (χ1n) is 8.98. The van der Waals surface area contributed by atoms with Gasteiger partial charge >= 0.3 is 0 Å². The highest BCUT2D eigenvalue weighted by atomic mass is 35.5. The number of rotatable bonds is 6. The molecule has 27 heavy (non-hydrogen) atoms. The number of ether oxygens (including phenoxy) is 1. The van der Waals surface area contributed by atoms with Gasteiger partial charge in [0.1, 0.15) is 17.3 Å². The fraction of sp³-hybridized carbons (Fsp3) is 0.421. The third-order valence-corrected chi connectivity index (χ3v) is 4.59. The molecule has 7 nitrogen and oxygen atoms in total. The van der Waals surface area contributed by atoms with E-state index in [4.69, 9.17) is 16.3 Å². The van der Waals surface area contributed by atoms with Crippen molar-refractivity contribution in [3.05, 3.63) is 46.4 Å². The molecule has 2 N–H and O–H groups in total. The lowest BCUT2D eigenvalue weighted by Gasteiger charge is -2.26. The Morgan fingerprint density at radius 2 is 2.00 bits per heavy atom. The molecule has 1 aliphatic heterocycles. The number of aromatic nitrogens is 2. The second kappa shape index (κ2) is 9.12. The number of hydrogen-bond donors (Lipinski definition) is 2. The number of aryl methyl sites for hydroxylation is 2. The quantitative estimate of drug-likeness (QED) is 0.790. The van der Waals surface area contributed by atoms with Crippen molar-refractivity contribution in [2.24, 2.45) is 0 Å². The Kier molecular flexibility index (Phi) is 6.60. The van der Waals surface area contributed by atoms with E-state index in [0.29, 0.717) is 28.0 Å². The van der Waals surface area contributed by atoms with E-state index in [0.717, 1.165) is 45.0 Å². The Balaban J connectivity index is 1.63. The van der Waals surface area contributed by atoms with Crippen LogP contribution < -0.4 is 10.6 Å². The SMILES string of the molecule is Cc1nc(NCCN2CCOCC2)cc(C(=O)Nc2cc(Cl)ccc2C)n1. The highest BCUT2D eigenvalue weighted by molar-refractivity contribution is 6.31. The summed E-state index contributed by atoms with van der Waals surface area (Å²) >= 11 is 6.02. The van der Waals surface area contributed by atoms with Gasteiger partial charge < -0.3 is 15.4 Å². The maximum Gasteiger partial charge on any atom is 0.274 e. The smallest absolute Gasteiger partial charge is 0.274 e. The molecule has 3 rings (SSSR count). The summed E-state index contributed by atoms with van der Waals surface area (Å²) in [5.41, 5.74) is 1.92. The first-order valence-corrected chi connectivity index (χ1v) is 9.36. The van der Waals surface area contributed by atoms with Crippen LogP contribution in [0.3, 0.4) is 0 Å². The van der Waals surface area contributed by atoms with Crippen LogP contribution in [0.1, 0.15) is 21.9 Å². The van der Waals surface area contributed by atoms with Gasteiger partial charge in [-0.1, -0.05) is 17.7 Å². The van der Waals surface area contributed by atoms with Crippen LogP contribution in [0.5, 0.6) is 0 Å². The van der Waals surface area contributed by atoms with E-state index in [1.54, 1.807) is 25.1 Å². The highest BCUT2D eigenvalue weighted by Crippen LogP contribution is 2.21. The molecule has 1 fully saturated rings. The fourth-order valence-corrected chi connectivity index (χ4v) is 3.03. The number of anilines is 2. The van der Waals surface area contributed by atoms with Crippen molar-refractivity contribution in [1.82, 2.24) is 14.9 Å². The minimum Gasteiger partial charge on any atom is -0.379 e. The maximum atomic E-state index is 12.6. The van der Waals surface area contributed by atoms with Crippen LogP contribution in [0.25, 0.3) is 0 Å². The van der Waals surface area contributed by atoms with Crippen LogP contribution in [-0.2, 0) is 4.74 Å². The van der Waals surface area contributed by atoms with Crippen molar-refractivity contribution in [3.63, 3.8) is 0 Å². The molecule has 1 aliphatic rings. The van der Waals surface area contributed by atoms with E-state index in [9.17, 15) is 4.79 Å². The summed E-state index contributed by atoms with van der Waals surface area (Å²) in [6.07, 6.45) is 0. The van der Waals surface area contributed by atoms with Gasteiger partial charge in [0.05, 0.1) is 13.2 Å². The zero-order valence-corrected chi connectivity index (χ0v) is 16.3. The molecule has 1 aromatic heterocycles. The van der Waals surface area contributed by atoms with E-state index >= 15 is 0 Å². The van der Waals surface area contributed by atoms with Gasteiger partial charge in [-0.05, 0) is 31.5 Å². The third-order valence-electron chi connectivity index (χ3n) is 4.36. The topological polar surface area (TPSA) is 79.4 Å². The van der Waals surface area contributed by atoms with Gasteiger partial charge in [0, 0.05) is 43.0 Å². The number of benzene rings is 1. The maximum absolute atomic E-state index is 12.6. The lowest BCUT2D eigenvalue weighted by Crippen LogP contribution is -2.39. The molecule has 2 heterocycles. The molecule has 0 saturated carbocycles. The number of nitrogens with one attached hydrogen (secondary N) is 2. The van der Waals surface area contributed by atoms with Gasteiger partial charge in [0.25, 0.3) is 5.91 Å². The predicted molar refractivity (Wildman–Crippen MR) is 107 cm³/mol. The summed E-state index contributed by atoms with van der Waals surface area (Å²) in [5, 5.41) is 6.71. The van der Waals surface area contributed by atoms with E-state index < -0.39 is 0 Å². The zero-order chi connectivity index (χ0) is 19.2. The van der Waals surface area contributed by atoms with Crippen molar-refractivity contribution in [3.8, 4) is 0 Å². The highest BCUT2D eigenvalue weighted by Gasteiger charge is 2.13. The predicted octanol–water partition coefficient (Wildman–Crippen LogP) is 2.74. The van der Waals surface area contributed by atoms with Gasteiger partial charge in [0.2, 0.25) is 0 Å². The van der Waals surface area contributed by atoms with Crippen molar-refractivity contribution < 1.29 is 9.53 Å². The van der Waals surface area contributed by atoms with Gasteiger partial charge in [-0.25, -0.2) is 9.97 Å². The van der Waals surface area contributed by atoms with Gasteiger partial charge in [-0.3, -0.25) is 9.69 Å². The molecule has 0 bridgehead atoms. The van der Waals surface area contributed by atoms with Crippen LogP contribution in [0, 0.1) is 13.8 Å². The normalized spacial score (nSPS) is 14.8. The van der Waals surface area contributed by atoms with Crippen LogP contribution in [0.4, 0.5) is 11.5 Å². The molecule has 1 aromatic carbocycles. The molecule has 0 radical (unpaired) electrons. The number of amides is 1. The summed E-state index contributed by atoms with van der Waals surface area (Å²) < 4.78 is 5.35. The molecule has 1 amide bonds. The Morgan fingerprint density at radius 3 is 2.78 bits per heavy atom. The number of morpholine rings is 1. The number of carbonyl (C=O) groups excluding carboxylic acids is 1. The average Bonchev–Trinajstić information content (AvgIpc) is 2.65. The summed E-state index contributed by atoms with van der Waals surface area (Å²) in [6.45, 7) is 8.76. The molecule has 144 valence electrons. The minimum absolute atomic E-state index is 0.290. The standard InChI is InChI=1S/C19H24ClN5O2/c1-13-3-4-15(20)11-16(13)24-19(26)17-12-18(23-14(2)22-17)21-5-6-25-7-9-27-10-8-25/h3-4,11-12H,5-10H2,1-2H3,(H,24,26)(H,21,22,23). The molecule has 2 aromatic rings. The summed E-state index contributed by atoms with van der Waals surface area (Å²) in [7, 11) is 0. The Hall–Kier alpha value is -2.22. The van der Waals surface area contributed by atoms with Crippen LogP contribution >= 0.6 is 11.6 Å². The molecule has 0 unspecified atom stereocenters. The van der Waals surface area contributed by atoms with Crippen molar-refractivity contribution in [1.29, 1.82) is 0 Å². The first kappa shape index (κ1) is 19.5. The molecule has 1 saturated heterocycles. The molecule has 0 atom stereocenters.